The number of benzene rings is 1. The van der Waals surface area contributed by atoms with Crippen molar-refractivity contribution >= 4 is 35.5 Å². The van der Waals surface area contributed by atoms with Crippen molar-refractivity contribution in [3.05, 3.63) is 46.4 Å². The minimum Gasteiger partial charge on any atom is -0.480 e. The van der Waals surface area contributed by atoms with Crippen LogP contribution in [0.25, 0.3) is 0 Å². The van der Waals surface area contributed by atoms with Crippen molar-refractivity contribution in [3.8, 4) is 0 Å². The number of hydrogen-bond donors (Lipinski definition) is 2. The van der Waals surface area contributed by atoms with Crippen LogP contribution in [-0.2, 0) is 36.8 Å². The first-order valence-electron chi connectivity index (χ1n) is 10.6. The summed E-state index contributed by atoms with van der Waals surface area (Å²) in [7, 11) is 0. The van der Waals surface area contributed by atoms with Gasteiger partial charge in [0.1, 0.15) is 12.6 Å². The maximum atomic E-state index is 12.6. The van der Waals surface area contributed by atoms with Gasteiger partial charge in [-0.15, -0.1) is 11.8 Å². The number of β-lactam (4-membered cyclic amide) rings is 1. The fraction of sp³-hybridized carbons (Fsp3) is 0.478. The molecule has 0 aromatic heterocycles. The van der Waals surface area contributed by atoms with Gasteiger partial charge in [0.2, 0.25) is 11.8 Å². The van der Waals surface area contributed by atoms with Crippen molar-refractivity contribution in [1.82, 2.24) is 10.2 Å². The molecular formula is C23H30N2O6S. The average Bonchev–Trinajstić information content (AvgIpc) is 2.75. The Balaban J connectivity index is 2.04. The molecule has 0 spiro atoms. The van der Waals surface area contributed by atoms with Crippen LogP contribution in [0.5, 0.6) is 0 Å². The molecule has 0 radical (unpaired) electrons. The van der Waals surface area contributed by atoms with Crippen LogP contribution in [-0.4, -0.2) is 64.7 Å². The molecule has 1 heterocycles. The molecule has 1 aromatic carbocycles. The van der Waals surface area contributed by atoms with Crippen LogP contribution >= 0.6 is 11.8 Å². The van der Waals surface area contributed by atoms with E-state index < -0.39 is 30.5 Å². The van der Waals surface area contributed by atoms with Gasteiger partial charge in [-0.2, -0.15) is 0 Å². The number of rotatable bonds is 12. The maximum absolute atomic E-state index is 12.6. The van der Waals surface area contributed by atoms with Gasteiger partial charge >= 0.3 is 11.9 Å². The van der Waals surface area contributed by atoms with Gasteiger partial charge in [-0.3, -0.25) is 19.2 Å². The van der Waals surface area contributed by atoms with Gasteiger partial charge in [-0.05, 0) is 42.4 Å². The smallest absolute Gasteiger partial charge is 0.323 e. The zero-order valence-electron chi connectivity index (χ0n) is 18.6. The fourth-order valence-corrected chi connectivity index (χ4v) is 4.43. The number of likely N-dealkylation sites (tertiary alicyclic amines) is 1. The van der Waals surface area contributed by atoms with Crippen molar-refractivity contribution in [2.24, 2.45) is 0 Å². The first-order valence-corrected chi connectivity index (χ1v) is 11.7. The molecule has 1 aliphatic heterocycles. The highest BCUT2D eigenvalue weighted by Gasteiger charge is 2.49. The molecule has 1 aliphatic rings. The Hall–Kier alpha value is -2.81. The summed E-state index contributed by atoms with van der Waals surface area (Å²) < 4.78 is 4.89. The molecule has 8 nitrogen and oxygen atoms in total. The first-order chi connectivity index (χ1) is 15.3. The Morgan fingerprint density at radius 2 is 1.91 bits per heavy atom. The van der Waals surface area contributed by atoms with E-state index in [0.717, 1.165) is 23.1 Å². The molecule has 1 aromatic rings. The third kappa shape index (κ3) is 6.85. The second-order valence-corrected chi connectivity index (χ2v) is 8.41. The number of nitrogens with one attached hydrogen (secondary N) is 1. The van der Waals surface area contributed by atoms with Crippen molar-refractivity contribution in [3.63, 3.8) is 0 Å². The van der Waals surface area contributed by atoms with Crippen LogP contribution in [0.15, 0.2) is 35.2 Å². The van der Waals surface area contributed by atoms with Gasteiger partial charge in [0.25, 0.3) is 0 Å². The van der Waals surface area contributed by atoms with E-state index >= 15 is 0 Å². The standard InChI is InChI=1S/C23H30N2O6S/c1-4-16-8-6-7-9-17(16)12-18(26)24-21-22(25(23(21)30)13-19(27)28)15(3)14-32-11-10-20(29)31-5-2/h6-9,14,21-22H,4-5,10-13H2,1-3H3,(H,24,26)(H,27,28). The van der Waals surface area contributed by atoms with E-state index in [1.165, 1.54) is 16.7 Å². The summed E-state index contributed by atoms with van der Waals surface area (Å²) in [6.45, 7) is 5.44. The third-order valence-corrected chi connectivity index (χ3v) is 6.12. The molecule has 174 valence electrons. The highest BCUT2D eigenvalue weighted by molar-refractivity contribution is 8.02. The van der Waals surface area contributed by atoms with Gasteiger partial charge in [-0.1, -0.05) is 31.2 Å². The number of carbonyl (C=O) groups is 4. The highest BCUT2D eigenvalue weighted by Crippen LogP contribution is 2.28. The summed E-state index contributed by atoms with van der Waals surface area (Å²) in [4.78, 5) is 49.1. The Morgan fingerprint density at radius 1 is 1.22 bits per heavy atom. The maximum Gasteiger partial charge on any atom is 0.323 e. The van der Waals surface area contributed by atoms with Crippen molar-refractivity contribution in [1.29, 1.82) is 0 Å². The summed E-state index contributed by atoms with van der Waals surface area (Å²) in [6, 6.07) is 6.30. The quantitative estimate of drug-likeness (QED) is 0.278. The number of nitrogens with zero attached hydrogens (tertiary/aromatic N) is 1. The number of carbonyl (C=O) groups excluding carboxylic acids is 3. The lowest BCUT2D eigenvalue weighted by atomic mass is 9.89. The molecule has 1 saturated heterocycles. The van der Waals surface area contributed by atoms with Crippen LogP contribution in [0.2, 0.25) is 0 Å². The lowest BCUT2D eigenvalue weighted by Gasteiger charge is -2.47. The fourth-order valence-electron chi connectivity index (χ4n) is 3.63. The number of ether oxygens (including phenoxy) is 1. The number of aliphatic carboxylic acids is 1. The topological polar surface area (TPSA) is 113 Å². The molecule has 2 unspecified atom stereocenters. The van der Waals surface area contributed by atoms with Crippen molar-refractivity contribution < 1.29 is 29.0 Å². The summed E-state index contributed by atoms with van der Waals surface area (Å²) in [5.41, 5.74) is 2.72. The number of thioether (sulfide) groups is 1. The predicted molar refractivity (Wildman–Crippen MR) is 122 cm³/mol. The van der Waals surface area contributed by atoms with Crippen LogP contribution < -0.4 is 5.32 Å². The Kier molecular flexibility index (Phi) is 9.77. The van der Waals surface area contributed by atoms with E-state index in [4.69, 9.17) is 9.84 Å². The molecule has 0 aliphatic carbocycles. The summed E-state index contributed by atoms with van der Waals surface area (Å²) in [5.74, 6) is -1.60. The molecule has 0 saturated carbocycles. The predicted octanol–water partition coefficient (Wildman–Crippen LogP) is 2.16. The normalized spacial score (nSPS) is 18.2. The summed E-state index contributed by atoms with van der Waals surface area (Å²) >= 11 is 1.38. The SMILES string of the molecule is CCOC(=O)CCSC=C(C)C1C(NC(=O)Cc2ccccc2CC)C(=O)N1CC(=O)O. The molecule has 2 N–H and O–H groups in total. The zero-order chi connectivity index (χ0) is 23.7. The average molecular weight is 463 g/mol. The first kappa shape index (κ1) is 25.5. The lowest BCUT2D eigenvalue weighted by molar-refractivity contribution is -0.157. The number of carboxylic acid groups (broad SMARTS) is 1. The van der Waals surface area contributed by atoms with Gasteiger partial charge < -0.3 is 20.1 Å². The number of aryl methyl sites for hydroxylation is 1. The monoisotopic (exact) mass is 462 g/mol. The molecule has 2 atom stereocenters. The van der Waals surface area contributed by atoms with E-state index in [1.807, 2.05) is 31.2 Å². The number of esters is 1. The van der Waals surface area contributed by atoms with E-state index in [1.54, 1.807) is 19.3 Å². The molecular weight excluding hydrogens is 432 g/mol. The molecule has 9 heteroatoms. The largest absolute Gasteiger partial charge is 0.480 e. The zero-order valence-corrected chi connectivity index (χ0v) is 19.4. The summed E-state index contributed by atoms with van der Waals surface area (Å²) in [6.07, 6.45) is 1.20. The number of carboxylic acids is 1. The molecule has 2 amide bonds. The van der Waals surface area contributed by atoms with Gasteiger partial charge in [0.15, 0.2) is 0 Å². The minimum absolute atomic E-state index is 0.149. The van der Waals surface area contributed by atoms with Crippen molar-refractivity contribution in [2.45, 2.75) is 52.1 Å². The molecule has 1 fully saturated rings. The van der Waals surface area contributed by atoms with E-state index in [9.17, 15) is 19.2 Å². The Morgan fingerprint density at radius 3 is 2.53 bits per heavy atom. The van der Waals surface area contributed by atoms with Crippen LogP contribution in [0.4, 0.5) is 0 Å². The molecule has 2 rings (SSSR count). The molecule has 32 heavy (non-hydrogen) atoms. The van der Waals surface area contributed by atoms with Gasteiger partial charge in [-0.25, -0.2) is 0 Å². The second kappa shape index (κ2) is 12.3. The van der Waals surface area contributed by atoms with Gasteiger partial charge in [0, 0.05) is 5.75 Å². The third-order valence-electron chi connectivity index (χ3n) is 5.14. The number of amides is 2. The van der Waals surface area contributed by atoms with Crippen LogP contribution in [0.1, 0.15) is 38.3 Å². The van der Waals surface area contributed by atoms with Gasteiger partial charge in [0.05, 0.1) is 25.5 Å². The number of hydrogen-bond acceptors (Lipinski definition) is 6. The van der Waals surface area contributed by atoms with E-state index in [-0.39, 0.29) is 24.7 Å². The summed E-state index contributed by atoms with van der Waals surface area (Å²) in [5, 5.41) is 13.7. The molecule has 0 bridgehead atoms. The second-order valence-electron chi connectivity index (χ2n) is 7.44. The van der Waals surface area contributed by atoms with E-state index in [0.29, 0.717) is 12.4 Å². The van der Waals surface area contributed by atoms with Crippen molar-refractivity contribution in [2.75, 3.05) is 18.9 Å². The lowest BCUT2D eigenvalue weighted by Crippen LogP contribution is -2.71. The van der Waals surface area contributed by atoms with E-state index in [2.05, 4.69) is 5.32 Å². The minimum atomic E-state index is -1.12. The Labute approximate surface area is 192 Å². The van der Waals surface area contributed by atoms with Crippen LogP contribution in [0, 0.1) is 0 Å². The van der Waals surface area contributed by atoms with Crippen LogP contribution in [0.3, 0.4) is 0 Å². The highest BCUT2D eigenvalue weighted by atomic mass is 32.2. The Bertz CT molecular complexity index is 885.